The largest absolute Gasteiger partial charge is 0.279 e. The molecule has 0 aliphatic heterocycles. The van der Waals surface area contributed by atoms with Gasteiger partial charge in [0.15, 0.2) is 0 Å². The van der Waals surface area contributed by atoms with Gasteiger partial charge in [0.2, 0.25) is 15.3 Å². The van der Waals surface area contributed by atoms with E-state index in [4.69, 9.17) is 11.6 Å². The summed E-state index contributed by atoms with van der Waals surface area (Å²) in [7, 11) is -3.75. The number of hydrogen-bond acceptors (Lipinski definition) is 5. The van der Waals surface area contributed by atoms with E-state index in [0.717, 1.165) is 4.31 Å². The summed E-state index contributed by atoms with van der Waals surface area (Å²) in [6.07, 6.45) is 0. The average Bonchev–Trinajstić information content (AvgIpc) is 2.40. The molecule has 1 aromatic carbocycles. The van der Waals surface area contributed by atoms with Crippen LogP contribution in [0.1, 0.15) is 19.4 Å². The molecule has 7 nitrogen and oxygen atoms in total. The molecule has 0 amide bonds. The monoisotopic (exact) mass is 334 g/mol. The van der Waals surface area contributed by atoms with E-state index in [1.54, 1.807) is 0 Å². The molecule has 0 radical (unpaired) electrons. The Bertz CT molecular complexity index is 674. The van der Waals surface area contributed by atoms with Gasteiger partial charge in [-0.1, -0.05) is 0 Å². The van der Waals surface area contributed by atoms with Crippen molar-refractivity contribution in [1.29, 1.82) is 0 Å². The zero-order valence-corrected chi connectivity index (χ0v) is 13.3. The van der Waals surface area contributed by atoms with E-state index in [1.807, 2.05) is 0 Å². The lowest BCUT2D eigenvalue weighted by Gasteiger charge is -2.29. The Kier molecular flexibility index (Phi) is 5.30. The Balaban J connectivity index is 3.47. The predicted molar refractivity (Wildman–Crippen MR) is 80.1 cm³/mol. The summed E-state index contributed by atoms with van der Waals surface area (Å²) in [5, 5.41) is 9.90. The number of non-ortho nitro benzene ring substituents is 1. The lowest BCUT2D eigenvalue weighted by molar-refractivity contribution is -0.384. The number of nitro benzene ring substituents is 1. The molecule has 0 aliphatic rings. The summed E-state index contributed by atoms with van der Waals surface area (Å²) in [5.41, 5.74) is 0.407. The van der Waals surface area contributed by atoms with Crippen molar-refractivity contribution in [3.05, 3.63) is 33.9 Å². The van der Waals surface area contributed by atoms with Crippen LogP contribution in [-0.4, -0.2) is 30.4 Å². The number of aryl methyl sites for hydroxylation is 1. The Hall–Kier alpha value is -1.67. The van der Waals surface area contributed by atoms with Gasteiger partial charge in [-0.3, -0.25) is 19.2 Å². The molecule has 0 saturated heterocycles. The van der Waals surface area contributed by atoms with Gasteiger partial charge in [-0.15, -0.1) is 0 Å². The van der Waals surface area contributed by atoms with Crippen molar-refractivity contribution in [3.63, 3.8) is 0 Å². The van der Waals surface area contributed by atoms with Gasteiger partial charge in [0, 0.05) is 12.1 Å². The smallest absolute Gasteiger partial charge is 0.269 e. The summed E-state index contributed by atoms with van der Waals surface area (Å²) < 4.78 is 25.3. The van der Waals surface area contributed by atoms with Crippen molar-refractivity contribution in [3.8, 4) is 0 Å². The minimum absolute atomic E-state index is 0.157. The van der Waals surface area contributed by atoms with Crippen molar-refractivity contribution in [2.75, 3.05) is 10.1 Å². The molecule has 0 heterocycles. The second-order valence-electron chi connectivity index (χ2n) is 4.40. The predicted octanol–water partition coefficient (Wildman–Crippen LogP) is 2.21. The second-order valence-corrected chi connectivity index (χ2v) is 6.91. The van der Waals surface area contributed by atoms with E-state index in [2.05, 4.69) is 0 Å². The van der Waals surface area contributed by atoms with Crippen molar-refractivity contribution in [1.82, 2.24) is 0 Å². The summed E-state index contributed by atoms with van der Waals surface area (Å²) in [4.78, 5) is 21.5. The van der Waals surface area contributed by atoms with Crippen LogP contribution < -0.4 is 4.31 Å². The maximum absolute atomic E-state index is 12.2. The number of benzene rings is 1. The van der Waals surface area contributed by atoms with Crippen LogP contribution in [0.2, 0.25) is 0 Å². The van der Waals surface area contributed by atoms with Gasteiger partial charge in [0.1, 0.15) is 6.04 Å². The molecular formula is C12H15ClN2O5S. The Morgan fingerprint density at radius 2 is 2.05 bits per heavy atom. The number of anilines is 1. The van der Waals surface area contributed by atoms with E-state index in [9.17, 15) is 23.3 Å². The van der Waals surface area contributed by atoms with Crippen LogP contribution in [0.5, 0.6) is 0 Å². The van der Waals surface area contributed by atoms with Crippen LogP contribution in [0.25, 0.3) is 0 Å². The highest BCUT2D eigenvalue weighted by molar-refractivity contribution is 7.92. The molecule has 1 aromatic rings. The van der Waals surface area contributed by atoms with E-state index in [-0.39, 0.29) is 17.1 Å². The van der Waals surface area contributed by atoms with Gasteiger partial charge < -0.3 is 0 Å². The third-order valence-electron chi connectivity index (χ3n) is 2.97. The van der Waals surface area contributed by atoms with Gasteiger partial charge >= 0.3 is 0 Å². The molecule has 0 aliphatic carbocycles. The van der Waals surface area contributed by atoms with Crippen LogP contribution in [0, 0.1) is 17.0 Å². The van der Waals surface area contributed by atoms with Crippen LogP contribution in [0.3, 0.4) is 0 Å². The topological polar surface area (TPSA) is 97.6 Å². The van der Waals surface area contributed by atoms with Gasteiger partial charge in [-0.05, 0) is 44.0 Å². The standard InChI is InChI=1S/C12H15ClN2O5S/c1-4-21(19,20)14(9(3)12(13)16)11-6-5-10(15(17)18)7-8(11)2/h5-7,9H,4H2,1-3H3. The lowest BCUT2D eigenvalue weighted by Crippen LogP contribution is -2.43. The SMILES string of the molecule is CCS(=O)(=O)N(c1ccc([N+](=O)[O-])cc1C)C(C)C(=O)Cl. The third-order valence-corrected chi connectivity index (χ3v) is 5.13. The zero-order valence-electron chi connectivity index (χ0n) is 11.7. The number of halogens is 1. The molecule has 9 heteroatoms. The molecule has 1 unspecified atom stereocenters. The van der Waals surface area contributed by atoms with E-state index in [1.165, 1.54) is 39.0 Å². The maximum Gasteiger partial charge on any atom is 0.269 e. The molecule has 0 aromatic heterocycles. The first-order chi connectivity index (χ1) is 9.61. The van der Waals surface area contributed by atoms with Crippen LogP contribution in [0.4, 0.5) is 11.4 Å². The van der Waals surface area contributed by atoms with E-state index < -0.39 is 26.2 Å². The Labute approximate surface area is 127 Å². The average molecular weight is 335 g/mol. The quantitative estimate of drug-likeness (QED) is 0.451. The minimum atomic E-state index is -3.75. The van der Waals surface area contributed by atoms with Crippen LogP contribution >= 0.6 is 11.6 Å². The molecule has 1 atom stereocenters. The highest BCUT2D eigenvalue weighted by Crippen LogP contribution is 2.29. The van der Waals surface area contributed by atoms with Crippen LogP contribution in [0.15, 0.2) is 18.2 Å². The molecule has 0 N–H and O–H groups in total. The fourth-order valence-electron chi connectivity index (χ4n) is 1.83. The van der Waals surface area contributed by atoms with Gasteiger partial charge in [-0.25, -0.2) is 8.42 Å². The number of rotatable bonds is 6. The number of hydrogen-bond donors (Lipinski definition) is 0. The molecule has 0 bridgehead atoms. The number of nitro groups is 1. The Morgan fingerprint density at radius 3 is 2.43 bits per heavy atom. The second kappa shape index (κ2) is 6.40. The normalized spacial score (nSPS) is 12.8. The molecule has 0 spiro atoms. The fourth-order valence-corrected chi connectivity index (χ4v) is 3.35. The fraction of sp³-hybridized carbons (Fsp3) is 0.417. The highest BCUT2D eigenvalue weighted by Gasteiger charge is 2.31. The van der Waals surface area contributed by atoms with E-state index >= 15 is 0 Å². The third kappa shape index (κ3) is 3.70. The van der Waals surface area contributed by atoms with Crippen molar-refractivity contribution >= 4 is 38.2 Å². The zero-order chi connectivity index (χ0) is 16.4. The first-order valence-corrected chi connectivity index (χ1v) is 8.07. The van der Waals surface area contributed by atoms with Gasteiger partial charge in [-0.2, -0.15) is 0 Å². The number of nitrogens with zero attached hydrogens (tertiary/aromatic N) is 2. The molecule has 21 heavy (non-hydrogen) atoms. The van der Waals surface area contributed by atoms with E-state index in [0.29, 0.717) is 5.56 Å². The van der Waals surface area contributed by atoms with Gasteiger partial charge in [0.05, 0.1) is 16.4 Å². The van der Waals surface area contributed by atoms with Gasteiger partial charge in [0.25, 0.3) is 5.69 Å². The summed E-state index contributed by atoms with van der Waals surface area (Å²) in [6, 6.07) is 2.64. The first-order valence-electron chi connectivity index (χ1n) is 6.08. The Morgan fingerprint density at radius 1 is 1.48 bits per heavy atom. The highest BCUT2D eigenvalue weighted by atomic mass is 35.5. The van der Waals surface area contributed by atoms with Crippen molar-refractivity contribution in [2.45, 2.75) is 26.8 Å². The first kappa shape index (κ1) is 17.4. The van der Waals surface area contributed by atoms with Crippen molar-refractivity contribution < 1.29 is 18.1 Å². The summed E-state index contributed by atoms with van der Waals surface area (Å²) in [6.45, 7) is 4.34. The molecule has 0 saturated carbocycles. The molecular weight excluding hydrogens is 320 g/mol. The summed E-state index contributed by atoms with van der Waals surface area (Å²) in [5.74, 6) is -0.224. The number of carbonyl (C=O) groups excluding carboxylic acids is 1. The number of sulfonamides is 1. The lowest BCUT2D eigenvalue weighted by atomic mass is 10.1. The molecule has 0 fully saturated rings. The molecule has 1 rings (SSSR count). The van der Waals surface area contributed by atoms with Crippen LogP contribution in [-0.2, 0) is 14.8 Å². The summed E-state index contributed by atoms with van der Waals surface area (Å²) >= 11 is 5.42. The maximum atomic E-state index is 12.2. The van der Waals surface area contributed by atoms with Crippen molar-refractivity contribution in [2.24, 2.45) is 0 Å². The number of carbonyl (C=O) groups is 1. The molecule has 116 valence electrons. The minimum Gasteiger partial charge on any atom is -0.279 e.